The number of aliphatic hydroxyl groups is 1. The van der Waals surface area contributed by atoms with E-state index in [0.29, 0.717) is 12.3 Å². The predicted octanol–water partition coefficient (Wildman–Crippen LogP) is 0.344. The second kappa shape index (κ2) is 3.39. The Kier molecular flexibility index (Phi) is 2.48. The van der Waals surface area contributed by atoms with E-state index in [4.69, 9.17) is 5.11 Å². The van der Waals surface area contributed by atoms with E-state index in [-0.39, 0.29) is 6.61 Å². The van der Waals surface area contributed by atoms with E-state index < -0.39 is 5.76 Å². The zero-order chi connectivity index (χ0) is 8.27. The Balaban J connectivity index is 2.88. The predicted molar refractivity (Wildman–Crippen MR) is 39.2 cm³/mol. The molecule has 0 aliphatic rings. The van der Waals surface area contributed by atoms with Crippen LogP contribution in [0.2, 0.25) is 0 Å². The van der Waals surface area contributed by atoms with Crippen LogP contribution in [0.5, 0.6) is 0 Å². The van der Waals surface area contributed by atoms with Crippen molar-refractivity contribution in [1.29, 1.82) is 0 Å². The molecule has 1 rings (SSSR count). The second-order valence-corrected chi connectivity index (χ2v) is 2.31. The summed E-state index contributed by atoms with van der Waals surface area (Å²) in [7, 11) is 0. The van der Waals surface area contributed by atoms with Gasteiger partial charge in [0, 0.05) is 6.54 Å². The lowest BCUT2D eigenvalue weighted by molar-refractivity contribution is 0.243. The van der Waals surface area contributed by atoms with Gasteiger partial charge in [-0.1, -0.05) is 6.92 Å². The molecule has 1 aromatic heterocycles. The molecule has 0 saturated carbocycles. The first kappa shape index (κ1) is 8.07. The van der Waals surface area contributed by atoms with Crippen LogP contribution in [0.25, 0.3) is 0 Å². The monoisotopic (exact) mass is 157 g/mol. The van der Waals surface area contributed by atoms with E-state index in [9.17, 15) is 4.79 Å². The molecule has 1 heterocycles. The molecule has 62 valence electrons. The fraction of sp³-hybridized carbons (Fsp3) is 0.571. The molecule has 4 nitrogen and oxygen atoms in total. The van der Waals surface area contributed by atoms with Crippen molar-refractivity contribution in [3.05, 3.63) is 22.5 Å². The van der Waals surface area contributed by atoms with Crippen molar-refractivity contribution in [2.45, 2.75) is 26.5 Å². The fourth-order valence-electron chi connectivity index (χ4n) is 0.893. The summed E-state index contributed by atoms with van der Waals surface area (Å²) in [6, 6.07) is 0. The van der Waals surface area contributed by atoms with Gasteiger partial charge in [-0.15, -0.1) is 0 Å². The van der Waals surface area contributed by atoms with Crippen LogP contribution in [-0.4, -0.2) is 9.67 Å². The lowest BCUT2D eigenvalue weighted by Crippen LogP contribution is -2.12. The SMILES string of the molecule is CCCn1cc(CO)oc1=O. The molecule has 11 heavy (non-hydrogen) atoms. The van der Waals surface area contributed by atoms with Gasteiger partial charge < -0.3 is 9.52 Å². The minimum absolute atomic E-state index is 0.216. The van der Waals surface area contributed by atoms with Crippen molar-refractivity contribution in [3.63, 3.8) is 0 Å². The number of nitrogens with zero attached hydrogens (tertiary/aromatic N) is 1. The van der Waals surface area contributed by atoms with Gasteiger partial charge in [0.05, 0.1) is 6.20 Å². The van der Waals surface area contributed by atoms with Gasteiger partial charge in [0.25, 0.3) is 0 Å². The normalized spacial score (nSPS) is 10.4. The van der Waals surface area contributed by atoms with Crippen LogP contribution in [0.15, 0.2) is 15.4 Å². The highest BCUT2D eigenvalue weighted by molar-refractivity contribution is 4.88. The molecule has 0 aromatic carbocycles. The lowest BCUT2D eigenvalue weighted by Gasteiger charge is -1.91. The van der Waals surface area contributed by atoms with Gasteiger partial charge >= 0.3 is 5.76 Å². The zero-order valence-corrected chi connectivity index (χ0v) is 6.41. The van der Waals surface area contributed by atoms with Gasteiger partial charge in [0.2, 0.25) is 0 Å². The molecule has 1 aromatic rings. The van der Waals surface area contributed by atoms with Crippen molar-refractivity contribution >= 4 is 0 Å². The van der Waals surface area contributed by atoms with Gasteiger partial charge in [-0.3, -0.25) is 4.57 Å². The molecule has 0 aliphatic heterocycles. The molecule has 0 saturated heterocycles. The molecular formula is C7H11NO3. The minimum atomic E-state index is -0.393. The van der Waals surface area contributed by atoms with Crippen molar-refractivity contribution in [1.82, 2.24) is 4.57 Å². The first-order valence-electron chi connectivity index (χ1n) is 3.58. The van der Waals surface area contributed by atoms with E-state index in [0.717, 1.165) is 6.42 Å². The fourth-order valence-corrected chi connectivity index (χ4v) is 0.893. The summed E-state index contributed by atoms with van der Waals surface area (Å²) in [5.74, 6) is -0.0700. The van der Waals surface area contributed by atoms with Crippen LogP contribution in [0.1, 0.15) is 19.1 Å². The second-order valence-electron chi connectivity index (χ2n) is 2.31. The van der Waals surface area contributed by atoms with E-state index >= 15 is 0 Å². The van der Waals surface area contributed by atoms with Crippen molar-refractivity contribution < 1.29 is 9.52 Å². The Morgan fingerprint density at radius 3 is 2.91 bits per heavy atom. The summed E-state index contributed by atoms with van der Waals surface area (Å²) >= 11 is 0. The maximum atomic E-state index is 10.9. The number of aryl methyl sites for hydroxylation is 1. The molecule has 0 atom stereocenters. The Labute approximate surface area is 64.1 Å². The number of aromatic nitrogens is 1. The van der Waals surface area contributed by atoms with Crippen LogP contribution in [-0.2, 0) is 13.2 Å². The smallest absolute Gasteiger partial charge is 0.410 e. The summed E-state index contributed by atoms with van der Waals surface area (Å²) in [5.41, 5.74) is 0. The van der Waals surface area contributed by atoms with Crippen LogP contribution in [0.3, 0.4) is 0 Å². The highest BCUT2D eigenvalue weighted by atomic mass is 16.4. The summed E-state index contributed by atoms with van der Waals surface area (Å²) in [6.07, 6.45) is 2.41. The molecule has 0 aliphatic carbocycles. The Morgan fingerprint density at radius 2 is 2.45 bits per heavy atom. The lowest BCUT2D eigenvalue weighted by atomic mass is 10.5. The van der Waals surface area contributed by atoms with Gasteiger partial charge in [-0.2, -0.15) is 0 Å². The maximum absolute atomic E-state index is 10.9. The first-order chi connectivity index (χ1) is 5.27. The first-order valence-corrected chi connectivity index (χ1v) is 3.58. The van der Waals surface area contributed by atoms with E-state index in [1.165, 1.54) is 10.8 Å². The molecular weight excluding hydrogens is 146 g/mol. The Hall–Kier alpha value is -1.03. The molecule has 0 amide bonds. The van der Waals surface area contributed by atoms with Crippen molar-refractivity contribution in [2.24, 2.45) is 0 Å². The van der Waals surface area contributed by atoms with Gasteiger partial charge in [-0.05, 0) is 6.42 Å². The average Bonchev–Trinajstić information content (AvgIpc) is 2.33. The molecule has 0 spiro atoms. The summed E-state index contributed by atoms with van der Waals surface area (Å²) < 4.78 is 6.12. The van der Waals surface area contributed by atoms with Crippen LogP contribution in [0.4, 0.5) is 0 Å². The average molecular weight is 157 g/mol. The topological polar surface area (TPSA) is 55.4 Å². The highest BCUT2D eigenvalue weighted by Crippen LogP contribution is 1.95. The third kappa shape index (κ3) is 1.71. The maximum Gasteiger partial charge on any atom is 0.419 e. The molecule has 1 N–H and O–H groups in total. The van der Waals surface area contributed by atoms with Crippen LogP contribution < -0.4 is 5.76 Å². The summed E-state index contributed by atoms with van der Waals surface area (Å²) in [5, 5.41) is 8.60. The van der Waals surface area contributed by atoms with E-state index in [1.807, 2.05) is 6.92 Å². The standard InChI is InChI=1S/C7H11NO3/c1-2-3-8-4-6(5-9)11-7(8)10/h4,9H,2-3,5H2,1H3. The minimum Gasteiger partial charge on any atom is -0.410 e. The highest BCUT2D eigenvalue weighted by Gasteiger charge is 2.02. The van der Waals surface area contributed by atoms with E-state index in [2.05, 4.69) is 4.42 Å². The van der Waals surface area contributed by atoms with Crippen molar-refractivity contribution in [2.75, 3.05) is 0 Å². The number of hydrogen-bond acceptors (Lipinski definition) is 3. The molecule has 0 unspecified atom stereocenters. The number of aliphatic hydroxyl groups excluding tert-OH is 1. The molecule has 4 heteroatoms. The van der Waals surface area contributed by atoms with Crippen molar-refractivity contribution in [3.8, 4) is 0 Å². The third-order valence-corrected chi connectivity index (χ3v) is 1.37. The number of oxazole rings is 1. The molecule has 0 fully saturated rings. The van der Waals surface area contributed by atoms with E-state index in [1.54, 1.807) is 0 Å². The van der Waals surface area contributed by atoms with Crippen LogP contribution in [0, 0.1) is 0 Å². The quantitative estimate of drug-likeness (QED) is 0.688. The molecule has 0 bridgehead atoms. The largest absolute Gasteiger partial charge is 0.419 e. The number of rotatable bonds is 3. The number of hydrogen-bond donors (Lipinski definition) is 1. The summed E-state index contributed by atoms with van der Waals surface area (Å²) in [6.45, 7) is 2.40. The Bertz CT molecular complexity index is 273. The Morgan fingerprint density at radius 1 is 1.73 bits per heavy atom. The van der Waals surface area contributed by atoms with Gasteiger partial charge in [0.15, 0.2) is 5.76 Å². The third-order valence-electron chi connectivity index (χ3n) is 1.37. The summed E-state index contributed by atoms with van der Waals surface area (Å²) in [4.78, 5) is 10.9. The van der Waals surface area contributed by atoms with Crippen LogP contribution >= 0.6 is 0 Å². The van der Waals surface area contributed by atoms with Gasteiger partial charge in [-0.25, -0.2) is 4.79 Å². The zero-order valence-electron chi connectivity index (χ0n) is 6.41. The molecule has 0 radical (unpaired) electrons. The van der Waals surface area contributed by atoms with Gasteiger partial charge in [0.1, 0.15) is 6.61 Å².